The van der Waals surface area contributed by atoms with Crippen molar-refractivity contribution >= 4 is 19.7 Å². The number of esters is 1. The molecule has 0 radical (unpaired) electrons. The average Bonchev–Trinajstić information content (AvgIpc) is 3.32. The van der Waals surface area contributed by atoms with Gasteiger partial charge in [0.15, 0.2) is 0 Å². The van der Waals surface area contributed by atoms with E-state index in [-0.39, 0.29) is 31.5 Å². The van der Waals surface area contributed by atoms with Crippen LogP contribution in [-0.2, 0) is 27.9 Å². The van der Waals surface area contributed by atoms with Crippen molar-refractivity contribution in [2.45, 2.75) is 283 Å². The molecule has 0 aliphatic rings. The zero-order valence-electron chi connectivity index (χ0n) is 46.7. The molecule has 0 saturated carbocycles. The number of ether oxygens (including phenoxy) is 1. The molecule has 10 heteroatoms. The summed E-state index contributed by atoms with van der Waals surface area (Å²) in [5.41, 5.74) is 0. The van der Waals surface area contributed by atoms with Crippen LogP contribution < -0.4 is 10.2 Å². The maximum Gasteiger partial charge on any atom is 0.306 e. The third-order valence-corrected chi connectivity index (χ3v) is 14.0. The predicted octanol–water partition coefficient (Wildman–Crippen LogP) is 17.1. The quantitative estimate of drug-likeness (QED) is 0.0161. The Balaban J connectivity index is 5.34. The lowest BCUT2D eigenvalue weighted by Gasteiger charge is -2.30. The highest BCUT2D eigenvalue weighted by atomic mass is 31.2. The predicted molar refractivity (Wildman–Crippen MR) is 298 cm³/mol. The largest absolute Gasteiger partial charge is 0.756 e. The van der Waals surface area contributed by atoms with Crippen molar-refractivity contribution < 1.29 is 37.3 Å². The molecule has 0 aliphatic heterocycles. The molecule has 0 aromatic carbocycles. The Morgan fingerprint density at radius 3 is 1.36 bits per heavy atom. The van der Waals surface area contributed by atoms with E-state index >= 15 is 0 Å². The summed E-state index contributed by atoms with van der Waals surface area (Å²) in [7, 11) is 1.18. The third-order valence-electron chi connectivity index (χ3n) is 13.1. The zero-order chi connectivity index (χ0) is 51.5. The molecule has 1 N–H and O–H groups in total. The van der Waals surface area contributed by atoms with E-state index in [1.807, 2.05) is 33.3 Å². The molecule has 0 bridgehead atoms. The minimum Gasteiger partial charge on any atom is -0.756 e. The number of carbonyl (C=O) groups excluding carboxylic acids is 2. The number of unbranched alkanes of at least 4 members (excludes halogenated alkanes) is 33. The fraction of sp³-hybridized carbons (Fsp3) is 0.833. The summed E-state index contributed by atoms with van der Waals surface area (Å²) in [6.45, 7) is 6.73. The van der Waals surface area contributed by atoms with Gasteiger partial charge in [-0.15, -0.1) is 0 Å². The number of rotatable bonds is 53. The average molecular weight is 1010 g/mol. The molecule has 410 valence electrons. The number of likely N-dealkylation sites (N-methyl/N-ethyl adjacent to an activating group) is 1. The molecule has 0 spiro atoms. The van der Waals surface area contributed by atoms with Gasteiger partial charge in [0.1, 0.15) is 19.3 Å². The second kappa shape index (κ2) is 50.5. The van der Waals surface area contributed by atoms with Crippen molar-refractivity contribution in [2.24, 2.45) is 0 Å². The number of amides is 1. The lowest BCUT2D eigenvalue weighted by atomic mass is 10.0. The van der Waals surface area contributed by atoms with Gasteiger partial charge in [-0.1, -0.05) is 256 Å². The van der Waals surface area contributed by atoms with E-state index in [4.69, 9.17) is 13.8 Å². The maximum atomic E-state index is 13.5. The van der Waals surface area contributed by atoms with E-state index in [0.717, 1.165) is 77.0 Å². The normalized spacial score (nSPS) is 14.1. The number of nitrogens with zero attached hydrogens (tertiary/aromatic N) is 1. The number of nitrogens with one attached hydrogen (secondary N) is 1. The fourth-order valence-electron chi connectivity index (χ4n) is 8.52. The van der Waals surface area contributed by atoms with E-state index in [0.29, 0.717) is 17.4 Å². The Kier molecular flexibility index (Phi) is 49.0. The van der Waals surface area contributed by atoms with Gasteiger partial charge in [0.2, 0.25) is 5.91 Å². The Morgan fingerprint density at radius 1 is 0.514 bits per heavy atom. The van der Waals surface area contributed by atoms with Crippen LogP contribution in [0.3, 0.4) is 0 Å². The van der Waals surface area contributed by atoms with Gasteiger partial charge in [-0.05, 0) is 51.0 Å². The van der Waals surface area contributed by atoms with Crippen molar-refractivity contribution in [1.29, 1.82) is 0 Å². The number of phosphoric acid groups is 1. The molecule has 0 fully saturated rings. The van der Waals surface area contributed by atoms with Crippen LogP contribution in [-0.4, -0.2) is 69.4 Å². The molecular formula is C60H113N2O7P. The van der Waals surface area contributed by atoms with E-state index in [2.05, 4.69) is 62.5 Å². The smallest absolute Gasteiger partial charge is 0.306 e. The highest BCUT2D eigenvalue weighted by molar-refractivity contribution is 7.45. The number of allylic oxidation sites excluding steroid dienone is 7. The molecule has 0 saturated heterocycles. The van der Waals surface area contributed by atoms with Crippen LogP contribution in [0, 0.1) is 0 Å². The molecule has 70 heavy (non-hydrogen) atoms. The van der Waals surface area contributed by atoms with Crippen molar-refractivity contribution in [3.05, 3.63) is 48.6 Å². The number of hydrogen-bond donors (Lipinski definition) is 1. The SMILES string of the molecule is CC/C=C/C=C/C=C/CCCCCCCCCC(=O)OC(/C=C/CCCCCCCCCCCCC)C(COP(=O)([O-])OCC[N+](C)(C)C)NC(=O)CCCCCCCCCCCCCCCCCC. The molecular weight excluding hydrogens is 892 g/mol. The summed E-state index contributed by atoms with van der Waals surface area (Å²) in [6, 6.07) is -0.890. The number of phosphoric ester groups is 1. The van der Waals surface area contributed by atoms with E-state index in [1.165, 1.54) is 161 Å². The van der Waals surface area contributed by atoms with Crippen molar-refractivity contribution in [1.82, 2.24) is 5.32 Å². The molecule has 3 atom stereocenters. The number of quaternary nitrogens is 1. The van der Waals surface area contributed by atoms with Crippen LogP contribution in [0.25, 0.3) is 0 Å². The summed E-state index contributed by atoms with van der Waals surface area (Å²) in [4.78, 5) is 39.9. The van der Waals surface area contributed by atoms with Crippen molar-refractivity contribution in [3.63, 3.8) is 0 Å². The van der Waals surface area contributed by atoms with Gasteiger partial charge in [0, 0.05) is 12.8 Å². The Morgan fingerprint density at radius 2 is 0.914 bits per heavy atom. The molecule has 0 aromatic heterocycles. The van der Waals surface area contributed by atoms with Gasteiger partial charge in [0.05, 0.1) is 33.8 Å². The lowest BCUT2D eigenvalue weighted by Crippen LogP contribution is -2.47. The second-order valence-corrected chi connectivity index (χ2v) is 22.6. The van der Waals surface area contributed by atoms with E-state index in [1.54, 1.807) is 0 Å². The zero-order valence-corrected chi connectivity index (χ0v) is 47.6. The van der Waals surface area contributed by atoms with Gasteiger partial charge in [0.25, 0.3) is 7.82 Å². The van der Waals surface area contributed by atoms with Crippen LogP contribution in [0.4, 0.5) is 0 Å². The molecule has 9 nitrogen and oxygen atoms in total. The van der Waals surface area contributed by atoms with Gasteiger partial charge in [-0.25, -0.2) is 0 Å². The topological polar surface area (TPSA) is 114 Å². The Bertz CT molecular complexity index is 1340. The van der Waals surface area contributed by atoms with Gasteiger partial charge >= 0.3 is 5.97 Å². The number of carbonyl (C=O) groups is 2. The summed E-state index contributed by atoms with van der Waals surface area (Å²) >= 11 is 0. The molecule has 0 rings (SSSR count). The summed E-state index contributed by atoms with van der Waals surface area (Å²) in [6.07, 6.45) is 60.7. The Hall–Kier alpha value is -2.03. The second-order valence-electron chi connectivity index (χ2n) is 21.2. The molecule has 3 unspecified atom stereocenters. The van der Waals surface area contributed by atoms with Crippen LogP contribution in [0.1, 0.15) is 271 Å². The lowest BCUT2D eigenvalue weighted by molar-refractivity contribution is -0.870. The molecule has 0 aromatic rings. The minimum atomic E-state index is -4.69. The minimum absolute atomic E-state index is 0.0234. The standard InChI is InChI=1S/C60H113N2O7P/c1-7-10-13-16-19-22-25-28-30-32-34-37-40-43-46-49-52-59(63)61-57(56-68-70(65,66)67-55-54-62(4,5)6)58(51-48-45-42-39-36-33-27-24-21-18-15-12-9-3)69-60(64)53-50-47-44-41-38-35-31-29-26-23-20-17-14-11-8-2/h11,14,17,20,23,26,48,51,57-58H,7-10,12-13,15-16,18-19,21-22,24-25,27-47,49-50,52-56H2,1-6H3,(H-,61,63,65,66)/b14-11+,20-17+,26-23+,51-48+. The third kappa shape index (κ3) is 50.9. The first-order valence-electron chi connectivity index (χ1n) is 29.5. The molecule has 0 heterocycles. The van der Waals surface area contributed by atoms with Crippen molar-refractivity contribution in [3.8, 4) is 0 Å². The monoisotopic (exact) mass is 1000 g/mol. The Labute approximate surface area is 433 Å². The highest BCUT2D eigenvalue weighted by Gasteiger charge is 2.27. The number of hydrogen-bond acceptors (Lipinski definition) is 7. The summed E-state index contributed by atoms with van der Waals surface area (Å²) < 4.78 is 30.3. The van der Waals surface area contributed by atoms with E-state index < -0.39 is 20.0 Å². The molecule has 1 amide bonds. The molecule has 0 aliphatic carbocycles. The van der Waals surface area contributed by atoms with Crippen molar-refractivity contribution in [2.75, 3.05) is 40.9 Å². The van der Waals surface area contributed by atoms with Gasteiger partial charge in [-0.2, -0.15) is 0 Å². The van der Waals surface area contributed by atoms with Crippen LogP contribution in [0.15, 0.2) is 48.6 Å². The van der Waals surface area contributed by atoms with Crippen LogP contribution in [0.5, 0.6) is 0 Å². The maximum absolute atomic E-state index is 13.5. The van der Waals surface area contributed by atoms with Gasteiger partial charge in [-0.3, -0.25) is 14.2 Å². The first-order chi connectivity index (χ1) is 33.9. The highest BCUT2D eigenvalue weighted by Crippen LogP contribution is 2.38. The van der Waals surface area contributed by atoms with Crippen LogP contribution >= 0.6 is 7.82 Å². The van der Waals surface area contributed by atoms with Crippen LogP contribution in [0.2, 0.25) is 0 Å². The van der Waals surface area contributed by atoms with Gasteiger partial charge < -0.3 is 28.5 Å². The first-order valence-corrected chi connectivity index (χ1v) is 30.9. The summed E-state index contributed by atoms with van der Waals surface area (Å²) in [5, 5.41) is 3.03. The fourth-order valence-corrected chi connectivity index (χ4v) is 9.25. The summed E-state index contributed by atoms with van der Waals surface area (Å²) in [5.74, 6) is -0.546. The van der Waals surface area contributed by atoms with E-state index in [9.17, 15) is 19.0 Å². The first kappa shape index (κ1) is 68.0.